The minimum absolute atomic E-state index is 0.197. The van der Waals surface area contributed by atoms with Gasteiger partial charge in [0, 0.05) is 20.9 Å². The van der Waals surface area contributed by atoms with Gasteiger partial charge in [-0.1, -0.05) is 27.5 Å². The van der Waals surface area contributed by atoms with Gasteiger partial charge in [-0.15, -0.1) is 0 Å². The maximum atomic E-state index is 7.29. The summed E-state index contributed by atoms with van der Waals surface area (Å²) in [4.78, 5) is 0. The predicted octanol–water partition coefficient (Wildman–Crippen LogP) is 2.99. The first-order valence-corrected chi connectivity index (χ1v) is 4.41. The van der Waals surface area contributed by atoms with Gasteiger partial charge >= 0.3 is 0 Å². The van der Waals surface area contributed by atoms with E-state index in [4.69, 9.17) is 15.7 Å². The summed E-state index contributed by atoms with van der Waals surface area (Å²) in [6.45, 7) is -2.31. The number of fused-ring (bicyclic) bond motifs is 1. The lowest BCUT2D eigenvalue weighted by Gasteiger charge is -1.92. The standard InChI is InChI=1S/C8H6BrClN2/c1-12-7-3-2-5(9)4-6(7)8(10)11-12/h2-4H,1H3/i1D3. The zero-order chi connectivity index (χ0) is 11.2. The van der Waals surface area contributed by atoms with E-state index in [2.05, 4.69) is 21.0 Å². The Morgan fingerprint density at radius 3 is 3.25 bits per heavy atom. The van der Waals surface area contributed by atoms with Gasteiger partial charge in [-0.25, -0.2) is 0 Å². The number of aryl methyl sites for hydroxylation is 1. The molecule has 2 aromatic rings. The Balaban J connectivity index is 2.79. The number of aromatic nitrogens is 2. The molecule has 12 heavy (non-hydrogen) atoms. The zero-order valence-corrected chi connectivity index (χ0v) is 8.22. The normalized spacial score (nSPS) is 15.7. The molecule has 1 heterocycles. The summed E-state index contributed by atoms with van der Waals surface area (Å²) in [6.07, 6.45) is 0. The SMILES string of the molecule is [2H]C([2H])([2H])n1nc(Cl)c2cc(Br)ccc21. The van der Waals surface area contributed by atoms with Crippen LogP contribution >= 0.6 is 27.5 Å². The highest BCUT2D eigenvalue weighted by molar-refractivity contribution is 9.10. The molecule has 1 aromatic carbocycles. The largest absolute Gasteiger partial charge is 0.266 e. The molecule has 2 rings (SSSR count). The second kappa shape index (κ2) is 2.75. The zero-order valence-electron chi connectivity index (χ0n) is 8.88. The summed E-state index contributed by atoms with van der Waals surface area (Å²) in [5, 5.41) is 4.62. The first-order valence-electron chi connectivity index (χ1n) is 4.74. The lowest BCUT2D eigenvalue weighted by atomic mass is 10.3. The first-order chi connectivity index (χ1) is 6.89. The van der Waals surface area contributed by atoms with E-state index in [9.17, 15) is 0 Å². The van der Waals surface area contributed by atoms with Crippen molar-refractivity contribution in [3.8, 4) is 0 Å². The van der Waals surface area contributed by atoms with Crippen molar-refractivity contribution in [2.24, 2.45) is 6.98 Å². The second-order valence-corrected chi connectivity index (χ2v) is 3.64. The van der Waals surface area contributed by atoms with Gasteiger partial charge in [0.2, 0.25) is 0 Å². The Hall–Kier alpha value is -0.540. The summed E-state index contributed by atoms with van der Waals surface area (Å²) in [5.41, 5.74) is 0.503. The predicted molar refractivity (Wildman–Crippen MR) is 53.4 cm³/mol. The topological polar surface area (TPSA) is 17.8 Å². The van der Waals surface area contributed by atoms with Gasteiger partial charge in [-0.2, -0.15) is 5.10 Å². The highest BCUT2D eigenvalue weighted by Gasteiger charge is 2.05. The smallest absolute Gasteiger partial charge is 0.158 e. The minimum atomic E-state index is -2.31. The maximum Gasteiger partial charge on any atom is 0.158 e. The quantitative estimate of drug-likeness (QED) is 0.701. The minimum Gasteiger partial charge on any atom is -0.266 e. The number of rotatable bonds is 0. The lowest BCUT2D eigenvalue weighted by molar-refractivity contribution is 0.797. The first kappa shape index (κ1) is 5.25. The van der Waals surface area contributed by atoms with E-state index in [0.29, 0.717) is 10.9 Å². The van der Waals surface area contributed by atoms with Crippen LogP contribution in [0.4, 0.5) is 0 Å². The molecule has 0 aliphatic heterocycles. The van der Waals surface area contributed by atoms with Crippen LogP contribution in [-0.4, -0.2) is 9.78 Å². The van der Waals surface area contributed by atoms with Crippen molar-refractivity contribution in [2.75, 3.05) is 0 Å². The molecule has 0 fully saturated rings. The molecule has 62 valence electrons. The van der Waals surface area contributed by atoms with Crippen molar-refractivity contribution in [3.63, 3.8) is 0 Å². The van der Waals surface area contributed by atoms with E-state index in [1.54, 1.807) is 18.2 Å². The van der Waals surface area contributed by atoms with Gasteiger partial charge < -0.3 is 0 Å². The lowest BCUT2D eigenvalue weighted by Crippen LogP contribution is -1.87. The van der Waals surface area contributed by atoms with Crippen LogP contribution in [0, 0.1) is 0 Å². The van der Waals surface area contributed by atoms with E-state index in [1.165, 1.54) is 0 Å². The van der Waals surface area contributed by atoms with E-state index >= 15 is 0 Å². The van der Waals surface area contributed by atoms with Gasteiger partial charge in [0.1, 0.15) is 0 Å². The Bertz CT molecular complexity index is 520. The number of halogens is 2. The summed E-state index contributed by atoms with van der Waals surface area (Å²) in [6, 6.07) is 5.17. The molecule has 0 spiro atoms. The molecule has 0 aliphatic carbocycles. The van der Waals surface area contributed by atoms with Crippen molar-refractivity contribution in [3.05, 3.63) is 27.8 Å². The van der Waals surface area contributed by atoms with Gasteiger partial charge in [-0.3, -0.25) is 4.68 Å². The molecule has 0 aliphatic rings. The van der Waals surface area contributed by atoms with Crippen molar-refractivity contribution in [1.29, 1.82) is 0 Å². The molecular weight excluding hydrogens is 239 g/mol. The molecule has 0 amide bonds. The molecule has 0 N–H and O–H groups in total. The Morgan fingerprint density at radius 2 is 2.50 bits per heavy atom. The van der Waals surface area contributed by atoms with Crippen LogP contribution in [0.1, 0.15) is 4.11 Å². The third-order valence-electron chi connectivity index (χ3n) is 1.60. The molecule has 0 atom stereocenters. The Labute approximate surface area is 87.5 Å². The third-order valence-corrected chi connectivity index (χ3v) is 2.37. The van der Waals surface area contributed by atoms with Gasteiger partial charge in [0.05, 0.1) is 5.52 Å². The summed E-state index contributed by atoms with van der Waals surface area (Å²) in [5.74, 6) is 0. The summed E-state index contributed by atoms with van der Waals surface area (Å²) in [7, 11) is 0. The fraction of sp³-hybridized carbons (Fsp3) is 0.125. The number of benzene rings is 1. The molecule has 0 bridgehead atoms. The van der Waals surface area contributed by atoms with Crippen molar-refractivity contribution in [1.82, 2.24) is 9.78 Å². The van der Waals surface area contributed by atoms with E-state index < -0.39 is 6.98 Å². The number of nitrogens with zero attached hydrogens (tertiary/aromatic N) is 2. The monoisotopic (exact) mass is 247 g/mol. The molecule has 0 saturated heterocycles. The Kier molecular flexibility index (Phi) is 1.20. The van der Waals surface area contributed by atoms with Gasteiger partial charge in [-0.05, 0) is 18.2 Å². The fourth-order valence-corrected chi connectivity index (χ4v) is 1.64. The van der Waals surface area contributed by atoms with Crippen LogP contribution in [0.5, 0.6) is 0 Å². The summed E-state index contributed by atoms with van der Waals surface area (Å²) >= 11 is 9.14. The van der Waals surface area contributed by atoms with E-state index in [0.717, 1.165) is 9.15 Å². The fourth-order valence-electron chi connectivity index (χ4n) is 1.05. The van der Waals surface area contributed by atoms with Crippen LogP contribution in [0.2, 0.25) is 5.15 Å². The van der Waals surface area contributed by atoms with Crippen LogP contribution in [0.15, 0.2) is 22.7 Å². The molecule has 4 heteroatoms. The highest BCUT2D eigenvalue weighted by atomic mass is 79.9. The van der Waals surface area contributed by atoms with E-state index in [1.807, 2.05) is 0 Å². The molecule has 0 saturated carbocycles. The molecular formula is C8H6BrClN2. The molecule has 2 nitrogen and oxygen atoms in total. The van der Waals surface area contributed by atoms with Crippen molar-refractivity contribution >= 4 is 38.4 Å². The molecule has 0 unspecified atom stereocenters. The van der Waals surface area contributed by atoms with Crippen LogP contribution in [0.3, 0.4) is 0 Å². The van der Waals surface area contributed by atoms with Crippen LogP contribution in [0.25, 0.3) is 10.9 Å². The van der Waals surface area contributed by atoms with Crippen molar-refractivity contribution < 1.29 is 4.11 Å². The van der Waals surface area contributed by atoms with Crippen LogP contribution in [-0.2, 0) is 6.98 Å². The third kappa shape index (κ3) is 1.13. The molecule has 0 radical (unpaired) electrons. The molecule has 1 aromatic heterocycles. The summed E-state index contributed by atoms with van der Waals surface area (Å²) < 4.78 is 23.6. The highest BCUT2D eigenvalue weighted by Crippen LogP contribution is 2.25. The van der Waals surface area contributed by atoms with Gasteiger partial charge in [0.15, 0.2) is 5.15 Å². The maximum absolute atomic E-state index is 7.29. The average molecular weight is 249 g/mol. The van der Waals surface area contributed by atoms with Gasteiger partial charge in [0.25, 0.3) is 0 Å². The second-order valence-electron chi connectivity index (χ2n) is 2.36. The van der Waals surface area contributed by atoms with Crippen molar-refractivity contribution in [2.45, 2.75) is 0 Å². The van der Waals surface area contributed by atoms with E-state index in [-0.39, 0.29) is 5.15 Å². The average Bonchev–Trinajstić information content (AvgIpc) is 2.43. The Morgan fingerprint density at radius 1 is 1.67 bits per heavy atom. The van der Waals surface area contributed by atoms with Crippen LogP contribution < -0.4 is 0 Å². The number of hydrogen-bond acceptors (Lipinski definition) is 1. The number of hydrogen-bond donors (Lipinski definition) is 0.